The summed E-state index contributed by atoms with van der Waals surface area (Å²) < 4.78 is 18.9. The Morgan fingerprint density at radius 1 is 1.32 bits per heavy atom. The molecule has 0 bridgehead atoms. The van der Waals surface area contributed by atoms with Gasteiger partial charge >= 0.3 is 6.09 Å². The molecule has 6 heteroatoms. The maximum absolute atomic E-state index is 13.7. The van der Waals surface area contributed by atoms with Crippen molar-refractivity contribution in [3.8, 4) is 0 Å². The van der Waals surface area contributed by atoms with Crippen LogP contribution in [-0.4, -0.2) is 34.3 Å². The average molecular weight is 307 g/mol. The van der Waals surface area contributed by atoms with E-state index in [0.717, 1.165) is 4.90 Å². The molecule has 0 unspecified atom stereocenters. The van der Waals surface area contributed by atoms with Crippen molar-refractivity contribution in [1.29, 1.82) is 0 Å². The van der Waals surface area contributed by atoms with Gasteiger partial charge in [-0.1, -0.05) is 18.2 Å². The first-order valence-corrected chi connectivity index (χ1v) is 7.00. The summed E-state index contributed by atoms with van der Waals surface area (Å²) in [4.78, 5) is 36.8. The summed E-state index contributed by atoms with van der Waals surface area (Å²) in [5.41, 5.74) is -0.505. The lowest BCUT2D eigenvalue weighted by Crippen LogP contribution is -2.44. The molecule has 0 saturated carbocycles. The van der Waals surface area contributed by atoms with Crippen molar-refractivity contribution in [2.75, 3.05) is 0 Å². The molecular formula is C16H18FNO4. The van der Waals surface area contributed by atoms with Crippen molar-refractivity contribution in [3.63, 3.8) is 0 Å². The molecule has 1 saturated heterocycles. The predicted molar refractivity (Wildman–Crippen MR) is 76.6 cm³/mol. The number of Topliss-reactive ketones (excluding diaryl/α,β-unsaturated/α-hetero) is 1. The van der Waals surface area contributed by atoms with E-state index < -0.39 is 35.2 Å². The molecule has 0 radical (unpaired) electrons. The Morgan fingerprint density at radius 3 is 2.55 bits per heavy atom. The number of nitrogens with zero attached hydrogens (tertiary/aromatic N) is 1. The van der Waals surface area contributed by atoms with Crippen molar-refractivity contribution in [2.24, 2.45) is 0 Å². The van der Waals surface area contributed by atoms with Gasteiger partial charge in [-0.2, -0.15) is 0 Å². The van der Waals surface area contributed by atoms with Crippen LogP contribution >= 0.6 is 0 Å². The molecule has 0 spiro atoms. The smallest absolute Gasteiger partial charge is 0.417 e. The third kappa shape index (κ3) is 3.50. The summed E-state index contributed by atoms with van der Waals surface area (Å²) in [6.45, 7) is 5.00. The van der Waals surface area contributed by atoms with E-state index in [1.165, 1.54) is 18.2 Å². The minimum absolute atomic E-state index is 0.0451. The van der Waals surface area contributed by atoms with Crippen molar-refractivity contribution < 1.29 is 23.5 Å². The normalized spacial score (nSPS) is 18.7. The summed E-state index contributed by atoms with van der Waals surface area (Å²) >= 11 is 0. The first-order chi connectivity index (χ1) is 10.2. The number of amides is 2. The van der Waals surface area contributed by atoms with Gasteiger partial charge in [-0.3, -0.25) is 9.59 Å². The number of carbonyl (C=O) groups is 3. The molecule has 0 aliphatic carbocycles. The minimum Gasteiger partial charge on any atom is -0.443 e. The van der Waals surface area contributed by atoms with Crippen LogP contribution in [0.2, 0.25) is 0 Å². The Bertz CT molecular complexity index is 621. The maximum Gasteiger partial charge on any atom is 0.417 e. The Labute approximate surface area is 128 Å². The van der Waals surface area contributed by atoms with Crippen molar-refractivity contribution >= 4 is 17.8 Å². The second-order valence-corrected chi connectivity index (χ2v) is 6.20. The van der Waals surface area contributed by atoms with E-state index in [1.54, 1.807) is 26.8 Å². The van der Waals surface area contributed by atoms with Gasteiger partial charge < -0.3 is 4.74 Å². The van der Waals surface area contributed by atoms with Gasteiger partial charge in [-0.15, -0.1) is 0 Å². The Kier molecular flexibility index (Phi) is 4.30. The largest absolute Gasteiger partial charge is 0.443 e. The summed E-state index contributed by atoms with van der Waals surface area (Å²) in [6, 6.07) is 4.95. The molecular weight excluding hydrogens is 289 g/mol. The average Bonchev–Trinajstić information content (AvgIpc) is 2.65. The molecule has 5 nitrogen and oxygen atoms in total. The van der Waals surface area contributed by atoms with Crippen LogP contribution < -0.4 is 0 Å². The first kappa shape index (κ1) is 16.1. The molecule has 1 aromatic carbocycles. The molecule has 0 aromatic heterocycles. The molecule has 1 aliphatic rings. The van der Waals surface area contributed by atoms with Crippen LogP contribution in [0.5, 0.6) is 0 Å². The number of likely N-dealkylation sites (tertiary alicyclic amines) is 1. The number of benzene rings is 1. The van der Waals surface area contributed by atoms with Gasteiger partial charge in [-0.05, 0) is 32.4 Å². The minimum atomic E-state index is -1.01. The van der Waals surface area contributed by atoms with Gasteiger partial charge in [0.05, 0.1) is 6.42 Å². The number of rotatable bonds is 2. The zero-order valence-electron chi connectivity index (χ0n) is 12.8. The quantitative estimate of drug-likeness (QED) is 0.787. The van der Waals surface area contributed by atoms with Crippen LogP contribution in [0.1, 0.15) is 32.8 Å². The van der Waals surface area contributed by atoms with Gasteiger partial charge in [0.2, 0.25) is 5.91 Å². The van der Waals surface area contributed by atoms with Gasteiger partial charge in [0.1, 0.15) is 17.5 Å². The van der Waals surface area contributed by atoms with Crippen LogP contribution in [-0.2, 0) is 20.7 Å². The van der Waals surface area contributed by atoms with Crippen molar-refractivity contribution in [1.82, 2.24) is 4.90 Å². The molecule has 1 heterocycles. The van der Waals surface area contributed by atoms with Crippen LogP contribution in [0.4, 0.5) is 9.18 Å². The SMILES string of the molecule is CC(C)(C)OC(=O)N1C(=O)CC(=O)[C@H]1Cc1ccccc1F. The highest BCUT2D eigenvalue weighted by atomic mass is 19.1. The summed E-state index contributed by atoms with van der Waals surface area (Å²) in [5.74, 6) is -1.49. The van der Waals surface area contributed by atoms with Gasteiger partial charge in [-0.25, -0.2) is 14.1 Å². The Morgan fingerprint density at radius 2 is 1.95 bits per heavy atom. The van der Waals surface area contributed by atoms with Crippen LogP contribution in [0, 0.1) is 5.82 Å². The topological polar surface area (TPSA) is 63.7 Å². The van der Waals surface area contributed by atoms with E-state index in [1.807, 2.05) is 0 Å². The fourth-order valence-corrected chi connectivity index (χ4v) is 2.29. The molecule has 2 rings (SSSR count). The Balaban J connectivity index is 2.24. The van der Waals surface area contributed by atoms with E-state index in [4.69, 9.17) is 4.74 Å². The van der Waals surface area contributed by atoms with Crippen molar-refractivity contribution in [2.45, 2.75) is 45.3 Å². The lowest BCUT2D eigenvalue weighted by Gasteiger charge is -2.26. The van der Waals surface area contributed by atoms with E-state index >= 15 is 0 Å². The number of ketones is 1. The van der Waals surface area contributed by atoms with Gasteiger partial charge in [0.25, 0.3) is 0 Å². The van der Waals surface area contributed by atoms with Crippen LogP contribution in [0.15, 0.2) is 24.3 Å². The molecule has 22 heavy (non-hydrogen) atoms. The van der Waals surface area contributed by atoms with Gasteiger partial charge in [0, 0.05) is 6.42 Å². The molecule has 1 aromatic rings. The second kappa shape index (κ2) is 5.87. The standard InChI is InChI=1S/C16H18FNO4/c1-16(2,3)22-15(21)18-12(13(19)9-14(18)20)8-10-6-4-5-7-11(10)17/h4-7,12H,8-9H2,1-3H3/t12-/m1/s1. The fraction of sp³-hybridized carbons (Fsp3) is 0.438. The monoisotopic (exact) mass is 307 g/mol. The maximum atomic E-state index is 13.7. The van der Waals surface area contributed by atoms with Crippen molar-refractivity contribution in [3.05, 3.63) is 35.6 Å². The molecule has 1 atom stereocenters. The third-order valence-corrected chi connectivity index (χ3v) is 3.24. The molecule has 1 aliphatic heterocycles. The summed E-state index contributed by atoms with van der Waals surface area (Å²) in [7, 11) is 0. The number of hydrogen-bond acceptors (Lipinski definition) is 4. The first-order valence-electron chi connectivity index (χ1n) is 7.00. The summed E-state index contributed by atoms with van der Waals surface area (Å²) in [6.07, 6.45) is -1.28. The highest BCUT2D eigenvalue weighted by Crippen LogP contribution is 2.23. The number of halogens is 1. The second-order valence-electron chi connectivity index (χ2n) is 6.20. The fourth-order valence-electron chi connectivity index (χ4n) is 2.29. The van der Waals surface area contributed by atoms with E-state index in [2.05, 4.69) is 0 Å². The lowest BCUT2D eigenvalue weighted by molar-refractivity contribution is -0.128. The molecule has 118 valence electrons. The highest BCUT2D eigenvalue weighted by molar-refractivity contribution is 6.13. The third-order valence-electron chi connectivity index (χ3n) is 3.24. The molecule has 0 N–H and O–H groups in total. The highest BCUT2D eigenvalue weighted by Gasteiger charge is 2.44. The number of hydrogen-bond donors (Lipinski definition) is 0. The van der Waals surface area contributed by atoms with E-state index in [-0.39, 0.29) is 18.4 Å². The zero-order chi connectivity index (χ0) is 16.5. The van der Waals surface area contributed by atoms with Crippen LogP contribution in [0.25, 0.3) is 0 Å². The molecule has 2 amide bonds. The lowest BCUT2D eigenvalue weighted by atomic mass is 10.0. The zero-order valence-corrected chi connectivity index (χ0v) is 12.8. The number of ether oxygens (including phenoxy) is 1. The summed E-state index contributed by atoms with van der Waals surface area (Å²) in [5, 5.41) is 0. The van der Waals surface area contributed by atoms with Gasteiger partial charge in [0.15, 0.2) is 5.78 Å². The van der Waals surface area contributed by atoms with Crippen LogP contribution in [0.3, 0.4) is 0 Å². The Hall–Kier alpha value is -2.24. The number of imide groups is 1. The van der Waals surface area contributed by atoms with E-state index in [0.29, 0.717) is 0 Å². The predicted octanol–water partition coefficient (Wildman–Crippen LogP) is 2.47. The van der Waals surface area contributed by atoms with E-state index in [9.17, 15) is 18.8 Å². The molecule has 1 fully saturated rings. The number of carbonyl (C=O) groups excluding carboxylic acids is 3.